The van der Waals surface area contributed by atoms with Gasteiger partial charge < -0.3 is 15.5 Å². The van der Waals surface area contributed by atoms with Crippen LogP contribution in [0.25, 0.3) is 0 Å². The lowest BCUT2D eigenvalue weighted by Crippen LogP contribution is -2.40. The van der Waals surface area contributed by atoms with Gasteiger partial charge in [-0.05, 0) is 43.2 Å². The Hall–Kier alpha value is -1.55. The van der Waals surface area contributed by atoms with Crippen molar-refractivity contribution in [1.29, 1.82) is 0 Å². The fraction of sp³-hybridized carbons (Fsp3) is 0.650. The SMILES string of the molecule is CN=C(NCCCCN1CC(C)CC(C)C1)NCc1ccccc1. The molecule has 0 aromatic heterocycles. The Morgan fingerprint density at radius 2 is 1.79 bits per heavy atom. The molecule has 1 aromatic rings. The molecule has 4 nitrogen and oxygen atoms in total. The Kier molecular flexibility index (Phi) is 8.10. The van der Waals surface area contributed by atoms with E-state index in [1.807, 2.05) is 13.1 Å². The molecule has 0 saturated carbocycles. The molecule has 24 heavy (non-hydrogen) atoms. The standard InChI is InChI=1S/C20H34N4/c1-17-13-18(2)16-24(15-17)12-8-7-11-22-20(21-3)23-14-19-9-5-4-6-10-19/h4-6,9-10,17-18H,7-8,11-16H2,1-3H3,(H2,21,22,23). The predicted molar refractivity (Wildman–Crippen MR) is 103 cm³/mol. The Morgan fingerprint density at radius 1 is 1.08 bits per heavy atom. The quantitative estimate of drug-likeness (QED) is 0.458. The van der Waals surface area contributed by atoms with E-state index in [0.717, 1.165) is 30.9 Å². The zero-order valence-corrected chi connectivity index (χ0v) is 15.6. The number of piperidine rings is 1. The summed E-state index contributed by atoms with van der Waals surface area (Å²) < 4.78 is 0. The van der Waals surface area contributed by atoms with Gasteiger partial charge in [0.2, 0.25) is 0 Å². The van der Waals surface area contributed by atoms with Crippen molar-refractivity contribution < 1.29 is 0 Å². The van der Waals surface area contributed by atoms with Crippen molar-refractivity contribution in [2.75, 3.05) is 33.2 Å². The summed E-state index contributed by atoms with van der Waals surface area (Å²) in [4.78, 5) is 6.93. The highest BCUT2D eigenvalue weighted by atomic mass is 15.2. The van der Waals surface area contributed by atoms with Crippen molar-refractivity contribution in [2.45, 2.75) is 39.7 Å². The molecule has 2 rings (SSSR count). The molecule has 0 amide bonds. The molecule has 1 aliphatic heterocycles. The number of hydrogen-bond acceptors (Lipinski definition) is 2. The van der Waals surface area contributed by atoms with Gasteiger partial charge in [0, 0.05) is 33.2 Å². The van der Waals surface area contributed by atoms with E-state index in [1.165, 1.54) is 44.5 Å². The maximum Gasteiger partial charge on any atom is 0.191 e. The molecule has 4 heteroatoms. The second-order valence-electron chi connectivity index (χ2n) is 7.25. The van der Waals surface area contributed by atoms with Gasteiger partial charge in [0.15, 0.2) is 5.96 Å². The Labute approximate surface area is 147 Å². The van der Waals surface area contributed by atoms with Crippen molar-refractivity contribution in [2.24, 2.45) is 16.8 Å². The van der Waals surface area contributed by atoms with Crippen molar-refractivity contribution >= 4 is 5.96 Å². The van der Waals surface area contributed by atoms with Crippen LogP contribution in [0.1, 0.15) is 38.7 Å². The highest BCUT2D eigenvalue weighted by molar-refractivity contribution is 5.79. The van der Waals surface area contributed by atoms with Crippen molar-refractivity contribution in [3.63, 3.8) is 0 Å². The van der Waals surface area contributed by atoms with Crippen LogP contribution in [-0.4, -0.2) is 44.1 Å². The van der Waals surface area contributed by atoms with Crippen LogP contribution in [0.4, 0.5) is 0 Å². The number of aliphatic imine (C=N–C) groups is 1. The molecule has 1 saturated heterocycles. The second-order valence-corrected chi connectivity index (χ2v) is 7.25. The fourth-order valence-corrected chi connectivity index (χ4v) is 3.64. The zero-order chi connectivity index (χ0) is 17.2. The molecule has 1 heterocycles. The van der Waals surface area contributed by atoms with E-state index >= 15 is 0 Å². The van der Waals surface area contributed by atoms with Crippen LogP contribution in [-0.2, 0) is 6.54 Å². The van der Waals surface area contributed by atoms with E-state index in [2.05, 4.69) is 58.6 Å². The van der Waals surface area contributed by atoms with Crippen molar-refractivity contribution in [1.82, 2.24) is 15.5 Å². The van der Waals surface area contributed by atoms with Gasteiger partial charge in [-0.15, -0.1) is 0 Å². The number of unbranched alkanes of at least 4 members (excludes halogenated alkanes) is 1. The molecule has 2 atom stereocenters. The summed E-state index contributed by atoms with van der Waals surface area (Å²) in [6.07, 6.45) is 3.83. The normalized spacial score (nSPS) is 22.4. The first-order valence-corrected chi connectivity index (χ1v) is 9.38. The van der Waals surface area contributed by atoms with Crippen LogP contribution in [0, 0.1) is 11.8 Å². The lowest BCUT2D eigenvalue weighted by atomic mass is 9.92. The molecular formula is C20H34N4. The van der Waals surface area contributed by atoms with Gasteiger partial charge >= 0.3 is 0 Å². The maximum atomic E-state index is 4.29. The molecule has 0 aliphatic carbocycles. The van der Waals surface area contributed by atoms with Crippen LogP contribution < -0.4 is 10.6 Å². The summed E-state index contributed by atoms with van der Waals surface area (Å²) >= 11 is 0. The van der Waals surface area contributed by atoms with Gasteiger partial charge in [0.1, 0.15) is 0 Å². The van der Waals surface area contributed by atoms with Gasteiger partial charge in [-0.25, -0.2) is 0 Å². The summed E-state index contributed by atoms with van der Waals surface area (Å²) in [6, 6.07) is 10.4. The largest absolute Gasteiger partial charge is 0.356 e. The molecule has 2 N–H and O–H groups in total. The summed E-state index contributed by atoms with van der Waals surface area (Å²) in [7, 11) is 1.83. The van der Waals surface area contributed by atoms with Crippen molar-refractivity contribution in [3.05, 3.63) is 35.9 Å². The van der Waals surface area contributed by atoms with Crippen LogP contribution in [0.5, 0.6) is 0 Å². The van der Waals surface area contributed by atoms with Gasteiger partial charge in [0.25, 0.3) is 0 Å². The smallest absolute Gasteiger partial charge is 0.191 e. The molecule has 0 bridgehead atoms. The molecule has 0 spiro atoms. The number of guanidine groups is 1. The van der Waals surface area contributed by atoms with Crippen LogP contribution in [0.15, 0.2) is 35.3 Å². The average molecular weight is 331 g/mol. The minimum atomic E-state index is 0.810. The summed E-state index contributed by atoms with van der Waals surface area (Å²) in [5.41, 5.74) is 1.27. The number of nitrogens with zero attached hydrogens (tertiary/aromatic N) is 2. The topological polar surface area (TPSA) is 39.7 Å². The van der Waals surface area contributed by atoms with Crippen molar-refractivity contribution in [3.8, 4) is 0 Å². The summed E-state index contributed by atoms with van der Waals surface area (Å²) in [5.74, 6) is 2.60. The van der Waals surface area contributed by atoms with E-state index < -0.39 is 0 Å². The van der Waals surface area contributed by atoms with E-state index in [-0.39, 0.29) is 0 Å². The average Bonchev–Trinajstić information content (AvgIpc) is 2.57. The third-order valence-electron chi connectivity index (χ3n) is 4.66. The Morgan fingerprint density at radius 3 is 2.46 bits per heavy atom. The minimum absolute atomic E-state index is 0.810. The van der Waals surface area contributed by atoms with Crippen LogP contribution in [0.2, 0.25) is 0 Å². The van der Waals surface area contributed by atoms with Crippen LogP contribution >= 0.6 is 0 Å². The fourth-order valence-electron chi connectivity index (χ4n) is 3.64. The highest BCUT2D eigenvalue weighted by Crippen LogP contribution is 2.20. The zero-order valence-electron chi connectivity index (χ0n) is 15.6. The molecular weight excluding hydrogens is 296 g/mol. The summed E-state index contributed by atoms with van der Waals surface area (Å²) in [6.45, 7) is 10.3. The number of hydrogen-bond donors (Lipinski definition) is 2. The first-order chi connectivity index (χ1) is 11.7. The molecule has 1 fully saturated rings. The minimum Gasteiger partial charge on any atom is -0.356 e. The van der Waals surface area contributed by atoms with Crippen LogP contribution in [0.3, 0.4) is 0 Å². The Bertz CT molecular complexity index is 476. The molecule has 2 unspecified atom stereocenters. The third kappa shape index (κ3) is 6.91. The lowest BCUT2D eigenvalue weighted by molar-refractivity contribution is 0.139. The Balaban J connectivity index is 1.57. The van der Waals surface area contributed by atoms with E-state index in [1.54, 1.807) is 0 Å². The van der Waals surface area contributed by atoms with Gasteiger partial charge in [-0.2, -0.15) is 0 Å². The number of rotatable bonds is 7. The summed E-state index contributed by atoms with van der Waals surface area (Å²) in [5, 5.41) is 6.78. The third-order valence-corrected chi connectivity index (χ3v) is 4.66. The van der Waals surface area contributed by atoms with Gasteiger partial charge in [-0.3, -0.25) is 4.99 Å². The second kappa shape index (κ2) is 10.3. The first-order valence-electron chi connectivity index (χ1n) is 9.38. The highest BCUT2D eigenvalue weighted by Gasteiger charge is 2.20. The first kappa shape index (κ1) is 18.8. The number of benzene rings is 1. The van der Waals surface area contributed by atoms with Gasteiger partial charge in [-0.1, -0.05) is 44.2 Å². The van der Waals surface area contributed by atoms with Gasteiger partial charge in [0.05, 0.1) is 0 Å². The molecule has 1 aromatic carbocycles. The number of likely N-dealkylation sites (tertiary alicyclic amines) is 1. The van der Waals surface area contributed by atoms with E-state index in [9.17, 15) is 0 Å². The molecule has 1 aliphatic rings. The van der Waals surface area contributed by atoms with E-state index in [0.29, 0.717) is 0 Å². The predicted octanol–water partition coefficient (Wildman–Crippen LogP) is 3.11. The molecule has 134 valence electrons. The molecule has 0 radical (unpaired) electrons. The number of nitrogens with one attached hydrogen (secondary N) is 2. The van der Waals surface area contributed by atoms with E-state index in [4.69, 9.17) is 0 Å². The lowest BCUT2D eigenvalue weighted by Gasteiger charge is -2.34. The monoisotopic (exact) mass is 330 g/mol. The maximum absolute atomic E-state index is 4.29.